The Bertz CT molecular complexity index is 173. The van der Waals surface area contributed by atoms with Gasteiger partial charge in [0.15, 0.2) is 0 Å². The van der Waals surface area contributed by atoms with Crippen LogP contribution in [0.25, 0.3) is 0 Å². The summed E-state index contributed by atoms with van der Waals surface area (Å²) in [6.07, 6.45) is 5.44. The third kappa shape index (κ3) is 79.7. The lowest BCUT2D eigenvalue weighted by atomic mass is 10.0. The second-order valence-electron chi connectivity index (χ2n) is 12.1. The molecule has 0 aromatic heterocycles. The molecular formula is C30H72. The summed E-state index contributed by atoms with van der Waals surface area (Å²) < 4.78 is 0. The fourth-order valence-electron chi connectivity index (χ4n) is 3.77. The lowest BCUT2D eigenvalue weighted by molar-refractivity contribution is 0.469. The summed E-state index contributed by atoms with van der Waals surface area (Å²) in [5.41, 5.74) is 0. The molecule has 0 spiro atoms. The van der Waals surface area contributed by atoms with Crippen molar-refractivity contribution >= 4 is 0 Å². The van der Waals surface area contributed by atoms with Gasteiger partial charge in [-0.15, -0.1) is 0 Å². The van der Waals surface area contributed by atoms with E-state index in [4.69, 9.17) is 0 Å². The summed E-state index contributed by atoms with van der Waals surface area (Å²) >= 11 is 0. The van der Waals surface area contributed by atoms with Gasteiger partial charge in [0, 0.05) is 0 Å². The maximum Gasteiger partial charge on any atom is -0.0469 e. The van der Waals surface area contributed by atoms with Crippen LogP contribution < -0.4 is 0 Å². The molecule has 0 rings (SSSR count). The molecule has 0 aliphatic rings. The van der Waals surface area contributed by atoms with Gasteiger partial charge in [-0.2, -0.15) is 0 Å². The first-order valence-corrected chi connectivity index (χ1v) is 12.5. The van der Waals surface area contributed by atoms with Crippen LogP contribution in [0.2, 0.25) is 0 Å². The fourth-order valence-corrected chi connectivity index (χ4v) is 3.77. The first-order chi connectivity index (χ1) is 12.5. The minimum atomic E-state index is 0. The first kappa shape index (κ1) is 43.8. The predicted molar refractivity (Wildman–Crippen MR) is 151 cm³/mol. The highest BCUT2D eigenvalue weighted by molar-refractivity contribution is 4.49. The van der Waals surface area contributed by atoms with E-state index in [9.17, 15) is 0 Å². The van der Waals surface area contributed by atoms with Gasteiger partial charge in [-0.05, 0) is 73.0 Å². The molecule has 30 heavy (non-hydrogen) atoms. The van der Waals surface area contributed by atoms with Crippen molar-refractivity contribution in [2.45, 2.75) is 151 Å². The van der Waals surface area contributed by atoms with Crippen molar-refractivity contribution in [3.8, 4) is 0 Å². The van der Waals surface area contributed by atoms with Crippen molar-refractivity contribution in [3.05, 3.63) is 0 Å². The molecule has 0 aromatic rings. The molecule has 0 saturated carbocycles. The van der Waals surface area contributed by atoms with E-state index in [1.54, 1.807) is 0 Å². The second kappa shape index (κ2) is 29.0. The quantitative estimate of drug-likeness (QED) is 0.357. The molecule has 0 heteroatoms. The Morgan fingerprint density at radius 1 is 0.233 bits per heavy atom. The average Bonchev–Trinajstić information content (AvgIpc) is 2.32. The minimum absolute atomic E-state index is 0. The van der Waals surface area contributed by atoms with E-state index in [1.165, 1.54) is 25.7 Å². The zero-order valence-electron chi connectivity index (χ0n) is 23.4. The van der Waals surface area contributed by atoms with Crippen LogP contribution in [-0.4, -0.2) is 0 Å². The van der Waals surface area contributed by atoms with E-state index >= 15 is 0 Å². The molecule has 0 unspecified atom stereocenters. The zero-order chi connectivity index (χ0) is 23.4. The highest BCUT2D eigenvalue weighted by Crippen LogP contribution is 2.10. The zero-order valence-corrected chi connectivity index (χ0v) is 23.4. The number of hydrogen-bond acceptors (Lipinski definition) is 0. The van der Waals surface area contributed by atoms with Crippen molar-refractivity contribution in [1.29, 1.82) is 0 Å². The SMILES string of the molecule is C.C.CC(C)CC(C)C.CC(C)CC(C)C.CC(C)CC(C)C.CC(C)CC(C)C. The summed E-state index contributed by atoms with van der Waals surface area (Å²) in [6.45, 7) is 36.2. The molecule has 0 aliphatic carbocycles. The average molecular weight is 433 g/mol. The van der Waals surface area contributed by atoms with Crippen molar-refractivity contribution < 1.29 is 0 Å². The number of rotatable bonds is 8. The highest BCUT2D eigenvalue weighted by Gasteiger charge is 1.97. The van der Waals surface area contributed by atoms with Gasteiger partial charge >= 0.3 is 0 Å². The maximum absolute atomic E-state index is 2.26. The summed E-state index contributed by atoms with van der Waals surface area (Å²) in [5.74, 6) is 7.00. The molecule has 192 valence electrons. The molecule has 0 atom stereocenters. The van der Waals surface area contributed by atoms with Crippen LogP contribution >= 0.6 is 0 Å². The summed E-state index contributed by atoms with van der Waals surface area (Å²) in [7, 11) is 0. The van der Waals surface area contributed by atoms with Crippen LogP contribution in [0.1, 0.15) is 151 Å². The molecule has 0 aromatic carbocycles. The van der Waals surface area contributed by atoms with Gasteiger partial charge in [0.05, 0.1) is 0 Å². The van der Waals surface area contributed by atoms with Crippen molar-refractivity contribution in [2.24, 2.45) is 47.3 Å². The van der Waals surface area contributed by atoms with E-state index in [1.807, 2.05) is 0 Å². The van der Waals surface area contributed by atoms with E-state index in [0.717, 1.165) is 47.3 Å². The van der Waals surface area contributed by atoms with E-state index in [-0.39, 0.29) is 14.9 Å². The molecule has 0 nitrogen and oxygen atoms in total. The second-order valence-corrected chi connectivity index (χ2v) is 12.1. The van der Waals surface area contributed by atoms with Crippen LogP contribution in [0.4, 0.5) is 0 Å². The first-order valence-electron chi connectivity index (χ1n) is 12.5. The van der Waals surface area contributed by atoms with Gasteiger partial charge in [-0.3, -0.25) is 0 Å². The lowest BCUT2D eigenvalue weighted by Gasteiger charge is -2.05. The molecule has 0 amide bonds. The van der Waals surface area contributed by atoms with E-state index in [2.05, 4.69) is 111 Å². The molecule has 0 fully saturated rings. The topological polar surface area (TPSA) is 0 Å². The van der Waals surface area contributed by atoms with Gasteiger partial charge in [-0.1, -0.05) is 126 Å². The van der Waals surface area contributed by atoms with Gasteiger partial charge < -0.3 is 0 Å². The largest absolute Gasteiger partial charge is 0.0776 e. The Balaban J connectivity index is -0.0000000626. The highest BCUT2D eigenvalue weighted by atomic mass is 14.0. The number of hydrogen-bond donors (Lipinski definition) is 0. The molecule has 0 radical (unpaired) electrons. The molecular weight excluding hydrogens is 360 g/mol. The van der Waals surface area contributed by atoms with Gasteiger partial charge in [0.25, 0.3) is 0 Å². The lowest BCUT2D eigenvalue weighted by Crippen LogP contribution is -1.93. The summed E-state index contributed by atoms with van der Waals surface area (Å²) in [4.78, 5) is 0. The Morgan fingerprint density at radius 2 is 0.300 bits per heavy atom. The van der Waals surface area contributed by atoms with Crippen molar-refractivity contribution in [1.82, 2.24) is 0 Å². The van der Waals surface area contributed by atoms with Crippen LogP contribution in [0.15, 0.2) is 0 Å². The molecule has 0 aliphatic heterocycles. The Hall–Kier alpha value is 0. The smallest absolute Gasteiger partial charge is 0.0469 e. The third-order valence-corrected chi connectivity index (χ3v) is 3.77. The summed E-state index contributed by atoms with van der Waals surface area (Å²) in [5, 5.41) is 0. The molecule has 0 bridgehead atoms. The van der Waals surface area contributed by atoms with Crippen LogP contribution in [0, 0.1) is 47.3 Å². The standard InChI is InChI=1S/4C7H16.2CH4/c4*1-6(2)5-7(3)4;;/h4*6-7H,5H2,1-4H3;2*1H4. The predicted octanol–water partition coefficient (Wildman–Crippen LogP) is 12.0. The van der Waals surface area contributed by atoms with Gasteiger partial charge in [0.2, 0.25) is 0 Å². The van der Waals surface area contributed by atoms with Gasteiger partial charge in [0.1, 0.15) is 0 Å². The minimum Gasteiger partial charge on any atom is -0.0776 e. The third-order valence-electron chi connectivity index (χ3n) is 3.77. The Morgan fingerprint density at radius 3 is 0.300 bits per heavy atom. The van der Waals surface area contributed by atoms with E-state index < -0.39 is 0 Å². The fraction of sp³-hybridized carbons (Fsp3) is 1.00. The Kier molecular flexibility index (Phi) is 42.3. The molecule has 0 heterocycles. The van der Waals surface area contributed by atoms with Crippen LogP contribution in [0.3, 0.4) is 0 Å². The molecule has 0 saturated heterocycles. The van der Waals surface area contributed by atoms with E-state index in [0.29, 0.717) is 0 Å². The van der Waals surface area contributed by atoms with Crippen LogP contribution in [-0.2, 0) is 0 Å². The van der Waals surface area contributed by atoms with Crippen molar-refractivity contribution in [2.75, 3.05) is 0 Å². The monoisotopic (exact) mass is 433 g/mol. The van der Waals surface area contributed by atoms with Gasteiger partial charge in [-0.25, -0.2) is 0 Å². The molecule has 0 N–H and O–H groups in total. The summed E-state index contributed by atoms with van der Waals surface area (Å²) in [6, 6.07) is 0. The Labute approximate surface area is 198 Å². The maximum atomic E-state index is 2.26. The normalized spacial score (nSPS) is 10.4. The van der Waals surface area contributed by atoms with Crippen LogP contribution in [0.5, 0.6) is 0 Å². The van der Waals surface area contributed by atoms with Crippen molar-refractivity contribution in [3.63, 3.8) is 0 Å².